The Hall–Kier alpha value is -5.76. The Balaban J connectivity index is 1.12. The maximum Gasteiger partial charge on any atom is 0.407 e. The van der Waals surface area contributed by atoms with E-state index < -0.39 is 36.3 Å². The quantitative estimate of drug-likeness (QED) is 0.0499. The lowest BCUT2D eigenvalue weighted by atomic mass is 10.1. The summed E-state index contributed by atoms with van der Waals surface area (Å²) in [7, 11) is 2.52. The molecule has 2 aromatic carbocycles. The summed E-state index contributed by atoms with van der Waals surface area (Å²) in [5.74, 6) is 6.99. The maximum absolute atomic E-state index is 13.4. The predicted molar refractivity (Wildman–Crippen MR) is 197 cm³/mol. The SMILES string of the molecule is COO/C=N\[C@H](C(=O)N1CCC[C@H]1c1ncc(-c2ccc(C#Cc3ccc4nc([C@@H]5CCCN5C(=O)[C@@H](NC(=O)OC)[C@@H](C)O)[nH]c4c3)cc2)[nH]1)[C@@H](C)O. The minimum atomic E-state index is -1.14. The van der Waals surface area contributed by atoms with Crippen molar-refractivity contribution in [3.8, 4) is 23.1 Å². The second kappa shape index (κ2) is 16.9. The van der Waals surface area contributed by atoms with Crippen LogP contribution in [0.3, 0.4) is 0 Å². The lowest BCUT2D eigenvalue weighted by Crippen LogP contribution is -2.53. The average molecular weight is 741 g/mol. The molecule has 0 aliphatic carbocycles. The van der Waals surface area contributed by atoms with E-state index in [-0.39, 0.29) is 18.0 Å². The molecule has 2 aromatic heterocycles. The van der Waals surface area contributed by atoms with E-state index in [4.69, 9.17) is 4.98 Å². The van der Waals surface area contributed by atoms with Gasteiger partial charge in [0.25, 0.3) is 5.91 Å². The lowest BCUT2D eigenvalue weighted by Gasteiger charge is -2.29. The van der Waals surface area contributed by atoms with E-state index >= 15 is 0 Å². The number of aromatic nitrogens is 4. The van der Waals surface area contributed by atoms with Gasteiger partial charge in [-0.2, -0.15) is 4.89 Å². The van der Waals surface area contributed by atoms with Crippen molar-refractivity contribution in [2.45, 2.75) is 75.9 Å². The molecule has 2 aliphatic heterocycles. The number of hydrogen-bond donors (Lipinski definition) is 5. The van der Waals surface area contributed by atoms with Crippen LogP contribution in [0, 0.1) is 11.8 Å². The number of hydrogen-bond acceptors (Lipinski definition) is 11. The van der Waals surface area contributed by atoms with Crippen LogP contribution in [-0.2, 0) is 24.1 Å². The number of ether oxygens (including phenoxy) is 1. The number of aliphatic imine (C=N–C) groups is 1. The lowest BCUT2D eigenvalue weighted by molar-refractivity contribution is -0.188. The van der Waals surface area contributed by atoms with E-state index in [0.717, 1.165) is 59.1 Å². The summed E-state index contributed by atoms with van der Waals surface area (Å²) < 4.78 is 4.64. The van der Waals surface area contributed by atoms with Gasteiger partial charge in [-0.05, 0) is 75.4 Å². The molecule has 0 radical (unpaired) electrons. The van der Waals surface area contributed by atoms with Crippen LogP contribution in [0.4, 0.5) is 4.79 Å². The summed E-state index contributed by atoms with van der Waals surface area (Å²) in [6.45, 7) is 3.95. The van der Waals surface area contributed by atoms with Crippen molar-refractivity contribution in [3.05, 3.63) is 71.4 Å². The number of alkyl carbamates (subject to hydrolysis) is 1. The van der Waals surface area contributed by atoms with Crippen LogP contribution in [0.15, 0.2) is 53.7 Å². The molecule has 0 unspecified atom stereocenters. The fourth-order valence-corrected chi connectivity index (χ4v) is 6.88. The van der Waals surface area contributed by atoms with Crippen molar-refractivity contribution in [2.24, 2.45) is 4.99 Å². The number of nitrogens with zero attached hydrogens (tertiary/aromatic N) is 5. The maximum atomic E-state index is 13.4. The summed E-state index contributed by atoms with van der Waals surface area (Å²) in [5.41, 5.74) is 4.80. The van der Waals surface area contributed by atoms with Gasteiger partial charge in [-0.25, -0.2) is 19.8 Å². The number of aliphatic hydroxyl groups is 2. The minimum Gasteiger partial charge on any atom is -0.453 e. The van der Waals surface area contributed by atoms with Crippen molar-refractivity contribution in [1.82, 2.24) is 35.1 Å². The molecule has 6 atom stereocenters. The molecule has 16 heteroatoms. The molecule has 2 saturated heterocycles. The standard InChI is InChI=1S/C38H44N8O8/c1-22(47)32(40-21-54-53-4)36(49)45-17-5-7-30(45)34-39-20-29(43-34)26-14-11-24(12-15-26)9-10-25-13-16-27-28(19-25)42-35(41-27)31-8-6-18-46(31)37(50)33(23(2)48)44-38(51)52-3/h11-16,19-23,30-33,47-48H,5-8,17-18H2,1-4H3,(H,39,43)(H,41,42)(H,44,51)/b40-21-/t22-,23-,30+,31+,32+,33+/m1/s1. The predicted octanol–water partition coefficient (Wildman–Crippen LogP) is 3.14. The number of imidazole rings is 2. The van der Waals surface area contributed by atoms with E-state index in [1.807, 2.05) is 42.5 Å². The van der Waals surface area contributed by atoms with Crippen molar-refractivity contribution in [3.63, 3.8) is 0 Å². The molecule has 0 saturated carbocycles. The number of aromatic amines is 2. The molecule has 4 aromatic rings. The molecule has 2 aliphatic rings. The van der Waals surface area contributed by atoms with E-state index in [1.165, 1.54) is 28.1 Å². The van der Waals surface area contributed by atoms with Crippen molar-refractivity contribution in [1.29, 1.82) is 0 Å². The summed E-state index contributed by atoms with van der Waals surface area (Å²) in [6, 6.07) is 10.6. The van der Waals surface area contributed by atoms with Crippen LogP contribution in [0.1, 0.15) is 74.4 Å². The Morgan fingerprint density at radius 2 is 1.59 bits per heavy atom. The first-order chi connectivity index (χ1) is 26.1. The number of rotatable bonds is 11. The number of carbonyl (C=O) groups excluding carboxylic acids is 3. The topological polar surface area (TPSA) is 208 Å². The van der Waals surface area contributed by atoms with Gasteiger partial charge in [0.15, 0.2) is 6.04 Å². The second-order valence-corrected chi connectivity index (χ2v) is 13.3. The summed E-state index contributed by atoms with van der Waals surface area (Å²) in [5, 5.41) is 22.9. The molecule has 16 nitrogen and oxygen atoms in total. The Bertz CT molecular complexity index is 2050. The second-order valence-electron chi connectivity index (χ2n) is 13.3. The fraction of sp³-hybridized carbons (Fsp3) is 0.421. The van der Waals surface area contributed by atoms with E-state index in [2.05, 4.69) is 51.6 Å². The first-order valence-corrected chi connectivity index (χ1v) is 17.8. The van der Waals surface area contributed by atoms with Gasteiger partial charge in [-0.15, -0.1) is 0 Å². The number of methoxy groups -OCH3 is 1. The zero-order valence-electron chi connectivity index (χ0n) is 30.5. The minimum absolute atomic E-state index is 0.281. The van der Waals surface area contributed by atoms with Crippen LogP contribution >= 0.6 is 0 Å². The number of benzene rings is 2. The molecule has 6 rings (SSSR count). The molecule has 54 heavy (non-hydrogen) atoms. The molecule has 0 bridgehead atoms. The van der Waals surface area contributed by atoms with Gasteiger partial charge in [0, 0.05) is 24.2 Å². The van der Waals surface area contributed by atoms with Crippen LogP contribution in [0.5, 0.6) is 0 Å². The van der Waals surface area contributed by atoms with Gasteiger partial charge < -0.3 is 44.9 Å². The first kappa shape index (κ1) is 38.0. The number of carbonyl (C=O) groups is 3. The number of H-pyrrole nitrogens is 2. The van der Waals surface area contributed by atoms with Gasteiger partial charge in [0.05, 0.1) is 61.4 Å². The number of nitrogens with one attached hydrogen (secondary N) is 3. The van der Waals surface area contributed by atoms with Gasteiger partial charge in [0.1, 0.15) is 17.7 Å². The van der Waals surface area contributed by atoms with Crippen molar-refractivity contribution < 1.29 is 39.1 Å². The zero-order chi connectivity index (χ0) is 38.4. The number of amides is 3. The summed E-state index contributed by atoms with van der Waals surface area (Å²) in [4.78, 5) is 71.1. The molecule has 0 spiro atoms. The fourth-order valence-electron chi connectivity index (χ4n) is 6.88. The zero-order valence-corrected chi connectivity index (χ0v) is 30.5. The molecular weight excluding hydrogens is 696 g/mol. The summed E-state index contributed by atoms with van der Waals surface area (Å²) >= 11 is 0. The van der Waals surface area contributed by atoms with Gasteiger partial charge in [0.2, 0.25) is 12.3 Å². The molecule has 2 fully saturated rings. The van der Waals surface area contributed by atoms with Crippen LogP contribution in [0.25, 0.3) is 22.3 Å². The third-order valence-corrected chi connectivity index (χ3v) is 9.62. The van der Waals surface area contributed by atoms with Crippen molar-refractivity contribution >= 4 is 35.3 Å². The van der Waals surface area contributed by atoms with Crippen molar-refractivity contribution in [2.75, 3.05) is 27.3 Å². The van der Waals surface area contributed by atoms with E-state index in [9.17, 15) is 24.6 Å². The Labute approximate surface area is 311 Å². The first-order valence-electron chi connectivity index (χ1n) is 17.8. The highest BCUT2D eigenvalue weighted by Crippen LogP contribution is 2.34. The highest BCUT2D eigenvalue weighted by Gasteiger charge is 2.39. The average Bonchev–Trinajstić information content (AvgIpc) is 4.00. The normalized spacial score (nSPS) is 19.3. The van der Waals surface area contributed by atoms with Gasteiger partial charge in [-0.1, -0.05) is 24.0 Å². The Morgan fingerprint density at radius 3 is 2.26 bits per heavy atom. The summed E-state index contributed by atoms with van der Waals surface area (Å²) in [6.07, 6.45) is 2.78. The van der Waals surface area contributed by atoms with E-state index in [1.54, 1.807) is 16.0 Å². The number of likely N-dealkylation sites (tertiary alicyclic amines) is 2. The molecule has 4 heterocycles. The largest absolute Gasteiger partial charge is 0.453 e. The molecular formula is C38H44N8O8. The molecule has 284 valence electrons. The highest BCUT2D eigenvalue weighted by atomic mass is 17.2. The Morgan fingerprint density at radius 1 is 0.926 bits per heavy atom. The van der Waals surface area contributed by atoms with Crippen LogP contribution in [-0.4, -0.2) is 116 Å². The third kappa shape index (κ3) is 8.38. The monoisotopic (exact) mass is 740 g/mol. The smallest absolute Gasteiger partial charge is 0.407 e. The molecule has 5 N–H and O–H groups in total. The highest BCUT2D eigenvalue weighted by molar-refractivity contribution is 5.87. The Kier molecular flexibility index (Phi) is 11.9. The van der Waals surface area contributed by atoms with Crippen LogP contribution in [0.2, 0.25) is 0 Å². The van der Waals surface area contributed by atoms with Gasteiger partial charge in [-0.3, -0.25) is 9.59 Å². The van der Waals surface area contributed by atoms with Gasteiger partial charge >= 0.3 is 6.09 Å². The third-order valence-electron chi connectivity index (χ3n) is 9.62. The number of aliphatic hydroxyl groups excluding tert-OH is 2. The van der Waals surface area contributed by atoms with E-state index in [0.29, 0.717) is 31.2 Å². The number of fused-ring (bicyclic) bond motifs is 1. The molecule has 3 amide bonds. The van der Waals surface area contributed by atoms with Crippen LogP contribution < -0.4 is 5.32 Å².